The molecule has 0 aliphatic rings. The summed E-state index contributed by atoms with van der Waals surface area (Å²) in [5.74, 6) is -0.270. The van der Waals surface area contributed by atoms with E-state index in [1.54, 1.807) is 0 Å². The summed E-state index contributed by atoms with van der Waals surface area (Å²) in [7, 11) is 0. The number of alkyl halides is 1. The predicted octanol–water partition coefficient (Wildman–Crippen LogP) is 1.14. The number of halogens is 1. The van der Waals surface area contributed by atoms with Gasteiger partial charge in [-0.25, -0.2) is 0 Å². The maximum Gasteiger partial charge on any atom is 0.302 e. The van der Waals surface area contributed by atoms with Crippen molar-refractivity contribution in [2.24, 2.45) is 0 Å². The van der Waals surface area contributed by atoms with Crippen LogP contribution in [0.25, 0.3) is 0 Å². The molecule has 0 aromatic heterocycles. The molecule has 11 heavy (non-hydrogen) atoms. The summed E-state index contributed by atoms with van der Waals surface area (Å²) in [5.41, 5.74) is 0. The lowest BCUT2D eigenvalue weighted by molar-refractivity contribution is -0.146. The second-order valence-electron chi connectivity index (χ2n) is 2.29. The van der Waals surface area contributed by atoms with Crippen LogP contribution in [0.15, 0.2) is 0 Å². The molecule has 0 saturated carbocycles. The third-order valence-electron chi connectivity index (χ3n) is 1.02. The highest BCUT2D eigenvalue weighted by molar-refractivity contribution is 6.18. The van der Waals surface area contributed by atoms with Gasteiger partial charge in [0.15, 0.2) is 0 Å². The zero-order chi connectivity index (χ0) is 8.85. The van der Waals surface area contributed by atoms with E-state index in [9.17, 15) is 9.59 Å². The van der Waals surface area contributed by atoms with E-state index >= 15 is 0 Å². The van der Waals surface area contributed by atoms with Crippen molar-refractivity contribution >= 4 is 23.4 Å². The van der Waals surface area contributed by atoms with Crippen LogP contribution in [0.5, 0.6) is 0 Å². The molecule has 4 heteroatoms. The van der Waals surface area contributed by atoms with Gasteiger partial charge in [0.25, 0.3) is 0 Å². The molecule has 1 unspecified atom stereocenters. The molecule has 0 saturated heterocycles. The lowest BCUT2D eigenvalue weighted by Gasteiger charge is -2.11. The molecule has 0 bridgehead atoms. The van der Waals surface area contributed by atoms with E-state index in [4.69, 9.17) is 16.3 Å². The summed E-state index contributed by atoms with van der Waals surface area (Å²) in [6.45, 7) is 2.72. The van der Waals surface area contributed by atoms with Crippen molar-refractivity contribution in [1.82, 2.24) is 0 Å². The van der Waals surface area contributed by atoms with Crippen molar-refractivity contribution in [3.05, 3.63) is 0 Å². The van der Waals surface area contributed by atoms with E-state index in [2.05, 4.69) is 0 Å². The van der Waals surface area contributed by atoms with Gasteiger partial charge in [-0.3, -0.25) is 9.59 Å². The fourth-order valence-electron chi connectivity index (χ4n) is 0.683. The summed E-state index contributed by atoms with van der Waals surface area (Å²) in [4.78, 5) is 20.9. The van der Waals surface area contributed by atoms with Gasteiger partial charge in [0.2, 0.25) is 0 Å². The van der Waals surface area contributed by atoms with Crippen molar-refractivity contribution in [2.75, 3.05) is 5.88 Å². The van der Waals surface area contributed by atoms with E-state index in [-0.39, 0.29) is 18.1 Å². The molecule has 0 rings (SSSR count). The van der Waals surface area contributed by atoms with E-state index < -0.39 is 12.1 Å². The zero-order valence-electron chi connectivity index (χ0n) is 6.59. The molecular weight excluding hydrogens is 168 g/mol. The van der Waals surface area contributed by atoms with Crippen molar-refractivity contribution in [2.45, 2.75) is 26.4 Å². The number of rotatable bonds is 4. The van der Waals surface area contributed by atoms with Crippen LogP contribution < -0.4 is 0 Å². The number of hydrogen-bond acceptors (Lipinski definition) is 3. The highest BCUT2D eigenvalue weighted by Crippen LogP contribution is 2.02. The van der Waals surface area contributed by atoms with Crippen LogP contribution in [0, 0.1) is 0 Å². The fraction of sp³-hybridized carbons (Fsp3) is 0.714. The third-order valence-corrected chi connectivity index (χ3v) is 1.36. The SMILES string of the molecule is CC(=O)CC(CCl)OC(C)=O. The minimum Gasteiger partial charge on any atom is -0.461 e. The molecule has 0 aromatic carbocycles. The van der Waals surface area contributed by atoms with Gasteiger partial charge in [0.05, 0.1) is 5.88 Å². The van der Waals surface area contributed by atoms with Crippen LogP contribution in [-0.2, 0) is 14.3 Å². The number of carbonyl (C=O) groups excluding carboxylic acids is 2. The lowest BCUT2D eigenvalue weighted by Crippen LogP contribution is -2.20. The molecule has 0 amide bonds. The van der Waals surface area contributed by atoms with Crippen LogP contribution >= 0.6 is 11.6 Å². The lowest BCUT2D eigenvalue weighted by atomic mass is 10.2. The second-order valence-corrected chi connectivity index (χ2v) is 2.60. The van der Waals surface area contributed by atoms with Crippen molar-refractivity contribution < 1.29 is 14.3 Å². The van der Waals surface area contributed by atoms with Gasteiger partial charge in [0, 0.05) is 13.3 Å². The maximum absolute atomic E-state index is 10.5. The third kappa shape index (κ3) is 5.85. The van der Waals surface area contributed by atoms with E-state index in [0.29, 0.717) is 0 Å². The first-order chi connectivity index (χ1) is 5.06. The molecule has 0 heterocycles. The Morgan fingerprint density at radius 2 is 2.00 bits per heavy atom. The predicted molar refractivity (Wildman–Crippen MR) is 41.6 cm³/mol. The molecule has 0 N–H and O–H groups in total. The quantitative estimate of drug-likeness (QED) is 0.479. The smallest absolute Gasteiger partial charge is 0.302 e. The van der Waals surface area contributed by atoms with Gasteiger partial charge in [0.1, 0.15) is 11.9 Å². The molecule has 64 valence electrons. The normalized spacial score (nSPS) is 12.3. The maximum atomic E-state index is 10.5. The Balaban J connectivity index is 3.76. The number of esters is 1. The second kappa shape index (κ2) is 5.13. The van der Waals surface area contributed by atoms with E-state index in [1.807, 2.05) is 0 Å². The van der Waals surface area contributed by atoms with Crippen LogP contribution in [0.3, 0.4) is 0 Å². The molecule has 0 aliphatic carbocycles. The van der Waals surface area contributed by atoms with Crippen LogP contribution in [0.4, 0.5) is 0 Å². The summed E-state index contributed by atoms with van der Waals surface area (Å²) < 4.78 is 4.72. The van der Waals surface area contributed by atoms with Gasteiger partial charge in [-0.2, -0.15) is 0 Å². The van der Waals surface area contributed by atoms with Crippen molar-refractivity contribution in [3.63, 3.8) is 0 Å². The van der Waals surface area contributed by atoms with Crippen LogP contribution in [-0.4, -0.2) is 23.7 Å². The highest BCUT2D eigenvalue weighted by atomic mass is 35.5. The minimum absolute atomic E-state index is 0.0306. The molecule has 3 nitrogen and oxygen atoms in total. The summed E-state index contributed by atoms with van der Waals surface area (Å²) in [6.07, 6.45) is -0.269. The Bertz CT molecular complexity index is 140. The summed E-state index contributed by atoms with van der Waals surface area (Å²) in [5, 5.41) is 0. The molecule has 0 radical (unpaired) electrons. The molecule has 1 atom stereocenters. The molecule has 0 fully saturated rings. The first-order valence-corrected chi connectivity index (χ1v) is 3.82. The van der Waals surface area contributed by atoms with Gasteiger partial charge in [-0.05, 0) is 6.92 Å². The Morgan fingerprint density at radius 1 is 1.45 bits per heavy atom. The average Bonchev–Trinajstić information content (AvgIpc) is 1.84. The molecule has 0 aromatic rings. The topological polar surface area (TPSA) is 43.4 Å². The highest BCUT2D eigenvalue weighted by Gasteiger charge is 2.12. The number of ether oxygens (including phenoxy) is 1. The average molecular weight is 179 g/mol. The first-order valence-electron chi connectivity index (χ1n) is 3.29. The standard InChI is InChI=1S/C7H11ClO3/c1-5(9)3-7(4-8)11-6(2)10/h7H,3-4H2,1-2H3. The largest absolute Gasteiger partial charge is 0.461 e. The number of Topliss-reactive ketones (excluding diaryl/α,β-unsaturated/α-hetero) is 1. The first kappa shape index (κ1) is 10.4. The molecule has 0 spiro atoms. The van der Waals surface area contributed by atoms with E-state index in [0.717, 1.165) is 0 Å². The fourth-order valence-corrected chi connectivity index (χ4v) is 0.855. The Morgan fingerprint density at radius 3 is 2.27 bits per heavy atom. The Hall–Kier alpha value is -0.570. The number of carbonyl (C=O) groups is 2. The van der Waals surface area contributed by atoms with Crippen LogP contribution in [0.2, 0.25) is 0 Å². The zero-order valence-corrected chi connectivity index (χ0v) is 7.35. The summed E-state index contributed by atoms with van der Waals surface area (Å²) in [6, 6.07) is 0. The number of ketones is 1. The van der Waals surface area contributed by atoms with Gasteiger partial charge >= 0.3 is 5.97 Å². The van der Waals surface area contributed by atoms with Gasteiger partial charge in [-0.15, -0.1) is 11.6 Å². The van der Waals surface area contributed by atoms with Gasteiger partial charge in [-0.1, -0.05) is 0 Å². The van der Waals surface area contributed by atoms with Crippen LogP contribution in [0.1, 0.15) is 20.3 Å². The Kier molecular flexibility index (Phi) is 4.86. The monoisotopic (exact) mass is 178 g/mol. The number of hydrogen-bond donors (Lipinski definition) is 0. The summed E-state index contributed by atoms with van der Waals surface area (Å²) >= 11 is 5.43. The minimum atomic E-state index is -0.466. The van der Waals surface area contributed by atoms with E-state index in [1.165, 1.54) is 13.8 Å². The van der Waals surface area contributed by atoms with Gasteiger partial charge < -0.3 is 4.74 Å². The molecular formula is C7H11ClO3. The van der Waals surface area contributed by atoms with Crippen molar-refractivity contribution in [1.29, 1.82) is 0 Å². The van der Waals surface area contributed by atoms with Crippen molar-refractivity contribution in [3.8, 4) is 0 Å². The Labute approximate surface area is 70.7 Å². The molecule has 0 aliphatic heterocycles.